The minimum absolute atomic E-state index is 0. The Labute approximate surface area is 165 Å². The zero-order valence-corrected chi connectivity index (χ0v) is 17.1. The minimum atomic E-state index is 0. The van der Waals surface area contributed by atoms with Crippen molar-refractivity contribution in [3.63, 3.8) is 0 Å². The van der Waals surface area contributed by atoms with Crippen LogP contribution < -0.4 is 5.32 Å². The number of benzene rings is 2. The van der Waals surface area contributed by atoms with Gasteiger partial charge in [-0.15, -0.1) is 24.8 Å². The fourth-order valence-corrected chi connectivity index (χ4v) is 3.88. The lowest BCUT2D eigenvalue weighted by Crippen LogP contribution is -2.45. The van der Waals surface area contributed by atoms with E-state index >= 15 is 0 Å². The molecule has 2 aromatic carbocycles. The standard InChI is InChI=1S/C21H30N2.2ClH/c1-3-4-5-10-21(23-15-13-22-14-16-23)20-12-11-17(2)18-8-6-7-9-19(18)20;;/h6-9,11-12,21-22H,3-5,10,13-16H2,1-2H3;2*1H/t21-;;/m0../s1. The number of nitrogens with zero attached hydrogens (tertiary/aromatic N) is 1. The van der Waals surface area contributed by atoms with Crippen LogP contribution >= 0.6 is 24.8 Å². The van der Waals surface area contributed by atoms with Crippen LogP contribution in [-0.2, 0) is 0 Å². The normalized spacial score (nSPS) is 16.1. The number of nitrogens with one attached hydrogen (secondary N) is 1. The molecule has 25 heavy (non-hydrogen) atoms. The molecular weight excluding hydrogens is 351 g/mol. The Morgan fingerprint density at radius 2 is 1.64 bits per heavy atom. The van der Waals surface area contributed by atoms with Gasteiger partial charge in [0.25, 0.3) is 0 Å². The van der Waals surface area contributed by atoms with Gasteiger partial charge in [0.05, 0.1) is 0 Å². The highest BCUT2D eigenvalue weighted by Gasteiger charge is 2.23. The molecule has 0 amide bonds. The van der Waals surface area contributed by atoms with Crippen LogP contribution in [0.3, 0.4) is 0 Å². The molecule has 2 aromatic rings. The smallest absolute Gasteiger partial charge is 0.0355 e. The van der Waals surface area contributed by atoms with E-state index in [0.29, 0.717) is 6.04 Å². The first kappa shape index (κ1) is 22.2. The van der Waals surface area contributed by atoms with Gasteiger partial charge >= 0.3 is 0 Å². The molecule has 0 radical (unpaired) electrons. The lowest BCUT2D eigenvalue weighted by Gasteiger charge is -2.36. The van der Waals surface area contributed by atoms with E-state index in [-0.39, 0.29) is 24.8 Å². The fraction of sp³-hybridized carbons (Fsp3) is 0.524. The van der Waals surface area contributed by atoms with Gasteiger partial charge < -0.3 is 5.32 Å². The second-order valence-corrected chi connectivity index (χ2v) is 6.81. The van der Waals surface area contributed by atoms with Crippen molar-refractivity contribution in [3.05, 3.63) is 47.5 Å². The lowest BCUT2D eigenvalue weighted by molar-refractivity contribution is 0.163. The number of halogens is 2. The monoisotopic (exact) mass is 382 g/mol. The maximum absolute atomic E-state index is 3.49. The molecule has 2 nitrogen and oxygen atoms in total. The highest BCUT2D eigenvalue weighted by Crippen LogP contribution is 2.33. The quantitative estimate of drug-likeness (QED) is 0.661. The number of hydrogen-bond acceptors (Lipinski definition) is 2. The summed E-state index contributed by atoms with van der Waals surface area (Å²) in [5.74, 6) is 0. The van der Waals surface area contributed by atoms with Crippen LogP contribution in [0.15, 0.2) is 36.4 Å². The summed E-state index contributed by atoms with van der Waals surface area (Å²) in [6, 6.07) is 14.2. The molecule has 1 heterocycles. The van der Waals surface area contributed by atoms with Crippen molar-refractivity contribution in [2.45, 2.75) is 45.6 Å². The van der Waals surface area contributed by atoms with Crippen molar-refractivity contribution in [2.24, 2.45) is 0 Å². The van der Waals surface area contributed by atoms with E-state index in [9.17, 15) is 0 Å². The predicted octanol–water partition coefficient (Wildman–Crippen LogP) is 5.52. The van der Waals surface area contributed by atoms with Crippen LogP contribution in [0.2, 0.25) is 0 Å². The number of rotatable bonds is 6. The van der Waals surface area contributed by atoms with Gasteiger partial charge in [-0.3, -0.25) is 4.90 Å². The second-order valence-electron chi connectivity index (χ2n) is 6.81. The van der Waals surface area contributed by atoms with Crippen molar-refractivity contribution < 1.29 is 0 Å². The van der Waals surface area contributed by atoms with Crippen LogP contribution in [0.5, 0.6) is 0 Å². The maximum Gasteiger partial charge on any atom is 0.0355 e. The maximum atomic E-state index is 3.49. The highest BCUT2D eigenvalue weighted by molar-refractivity contribution is 5.89. The third kappa shape index (κ3) is 5.34. The van der Waals surface area contributed by atoms with Crippen molar-refractivity contribution >= 4 is 35.6 Å². The summed E-state index contributed by atoms with van der Waals surface area (Å²) in [6.45, 7) is 9.09. The van der Waals surface area contributed by atoms with Gasteiger partial charge in [-0.05, 0) is 35.2 Å². The molecule has 0 aliphatic carbocycles. The van der Waals surface area contributed by atoms with Crippen LogP contribution in [0.4, 0.5) is 0 Å². The van der Waals surface area contributed by atoms with E-state index in [0.717, 1.165) is 13.1 Å². The molecule has 1 saturated heterocycles. The minimum Gasteiger partial charge on any atom is -0.314 e. The number of hydrogen-bond donors (Lipinski definition) is 1. The van der Waals surface area contributed by atoms with E-state index in [1.165, 1.54) is 60.7 Å². The Hall–Kier alpha value is -0.800. The molecule has 140 valence electrons. The molecule has 4 heteroatoms. The van der Waals surface area contributed by atoms with Gasteiger partial charge in [0.2, 0.25) is 0 Å². The van der Waals surface area contributed by atoms with E-state index in [1.807, 2.05) is 0 Å². The molecule has 1 atom stereocenters. The first-order chi connectivity index (χ1) is 11.3. The molecule has 0 spiro atoms. The second kappa shape index (κ2) is 11.0. The first-order valence-electron chi connectivity index (χ1n) is 9.24. The lowest BCUT2D eigenvalue weighted by atomic mass is 9.91. The zero-order chi connectivity index (χ0) is 16.1. The third-order valence-corrected chi connectivity index (χ3v) is 5.21. The van der Waals surface area contributed by atoms with Gasteiger partial charge in [0.15, 0.2) is 0 Å². The third-order valence-electron chi connectivity index (χ3n) is 5.21. The summed E-state index contributed by atoms with van der Waals surface area (Å²) in [7, 11) is 0. The van der Waals surface area contributed by atoms with Crippen molar-refractivity contribution in [1.82, 2.24) is 10.2 Å². The molecule has 0 unspecified atom stereocenters. The van der Waals surface area contributed by atoms with E-state index in [2.05, 4.69) is 60.5 Å². The number of unbranched alkanes of at least 4 members (excludes halogenated alkanes) is 2. The SMILES string of the molecule is CCCCC[C@@H](c1ccc(C)c2ccccc12)N1CCNCC1.Cl.Cl. The summed E-state index contributed by atoms with van der Waals surface area (Å²) in [4.78, 5) is 2.70. The molecule has 0 aromatic heterocycles. The zero-order valence-electron chi connectivity index (χ0n) is 15.5. The van der Waals surface area contributed by atoms with E-state index in [1.54, 1.807) is 0 Å². The highest BCUT2D eigenvalue weighted by atomic mass is 35.5. The van der Waals surface area contributed by atoms with Crippen LogP contribution in [0.1, 0.15) is 49.8 Å². The molecule has 1 fully saturated rings. The molecular formula is C21H32Cl2N2. The number of fused-ring (bicyclic) bond motifs is 1. The van der Waals surface area contributed by atoms with Crippen LogP contribution in [0.25, 0.3) is 10.8 Å². The van der Waals surface area contributed by atoms with Gasteiger partial charge in [-0.2, -0.15) is 0 Å². The summed E-state index contributed by atoms with van der Waals surface area (Å²) in [5, 5.41) is 6.36. The van der Waals surface area contributed by atoms with Crippen molar-refractivity contribution in [3.8, 4) is 0 Å². The largest absolute Gasteiger partial charge is 0.314 e. The fourth-order valence-electron chi connectivity index (χ4n) is 3.88. The van der Waals surface area contributed by atoms with E-state index < -0.39 is 0 Å². The van der Waals surface area contributed by atoms with Crippen molar-refractivity contribution in [1.29, 1.82) is 0 Å². The molecule has 0 saturated carbocycles. The molecule has 0 bridgehead atoms. The Bertz CT molecular complexity index is 639. The first-order valence-corrected chi connectivity index (χ1v) is 9.24. The summed E-state index contributed by atoms with van der Waals surface area (Å²) < 4.78 is 0. The van der Waals surface area contributed by atoms with Gasteiger partial charge in [0, 0.05) is 32.2 Å². The summed E-state index contributed by atoms with van der Waals surface area (Å²) in [5.41, 5.74) is 2.92. The predicted molar refractivity (Wildman–Crippen MR) is 115 cm³/mol. The topological polar surface area (TPSA) is 15.3 Å². The number of aryl methyl sites for hydroxylation is 1. The summed E-state index contributed by atoms with van der Waals surface area (Å²) in [6.07, 6.45) is 5.24. The van der Waals surface area contributed by atoms with Gasteiger partial charge in [0.1, 0.15) is 0 Å². The summed E-state index contributed by atoms with van der Waals surface area (Å²) >= 11 is 0. The Morgan fingerprint density at radius 1 is 0.960 bits per heavy atom. The average molecular weight is 383 g/mol. The van der Waals surface area contributed by atoms with Crippen molar-refractivity contribution in [2.75, 3.05) is 26.2 Å². The Balaban J connectivity index is 0.00000156. The average Bonchev–Trinajstić information content (AvgIpc) is 2.61. The molecule has 1 aliphatic rings. The molecule has 3 rings (SSSR count). The Morgan fingerprint density at radius 3 is 2.32 bits per heavy atom. The van der Waals surface area contributed by atoms with Gasteiger partial charge in [-0.1, -0.05) is 62.6 Å². The van der Waals surface area contributed by atoms with Gasteiger partial charge in [-0.25, -0.2) is 0 Å². The molecule has 1 N–H and O–H groups in total. The Kier molecular flexibility index (Phi) is 9.81. The van der Waals surface area contributed by atoms with E-state index in [4.69, 9.17) is 0 Å². The number of piperazine rings is 1. The van der Waals surface area contributed by atoms with Crippen LogP contribution in [-0.4, -0.2) is 31.1 Å². The van der Waals surface area contributed by atoms with Crippen LogP contribution in [0, 0.1) is 6.92 Å². The molecule has 1 aliphatic heterocycles.